The van der Waals surface area contributed by atoms with E-state index in [1.54, 1.807) is 31.3 Å². The van der Waals surface area contributed by atoms with Gasteiger partial charge in [-0.1, -0.05) is 23.8 Å². The fourth-order valence-electron chi connectivity index (χ4n) is 2.14. The van der Waals surface area contributed by atoms with Crippen LogP contribution in [0.15, 0.2) is 42.5 Å². The predicted molar refractivity (Wildman–Crippen MR) is 88.4 cm³/mol. The highest BCUT2D eigenvalue weighted by atomic mass is 16.2. The molecule has 0 bridgehead atoms. The highest BCUT2D eigenvalue weighted by Crippen LogP contribution is 2.17. The molecule has 0 fully saturated rings. The van der Waals surface area contributed by atoms with E-state index in [0.717, 1.165) is 11.1 Å². The van der Waals surface area contributed by atoms with Crippen molar-refractivity contribution in [2.45, 2.75) is 13.8 Å². The van der Waals surface area contributed by atoms with Crippen LogP contribution in [0.25, 0.3) is 0 Å². The second-order valence-corrected chi connectivity index (χ2v) is 5.06. The topological polar surface area (TPSA) is 70.2 Å². The number of rotatable bonds is 3. The van der Waals surface area contributed by atoms with Crippen LogP contribution < -0.4 is 16.0 Å². The molecule has 0 saturated heterocycles. The summed E-state index contributed by atoms with van der Waals surface area (Å²) in [5.41, 5.74) is 3.91. The van der Waals surface area contributed by atoms with Gasteiger partial charge in [0.15, 0.2) is 0 Å². The van der Waals surface area contributed by atoms with Gasteiger partial charge in [-0.2, -0.15) is 0 Å². The molecule has 22 heavy (non-hydrogen) atoms. The quantitative estimate of drug-likeness (QED) is 0.813. The lowest BCUT2D eigenvalue weighted by molar-refractivity contribution is 0.102. The third kappa shape index (κ3) is 3.85. The summed E-state index contributed by atoms with van der Waals surface area (Å²) in [6.07, 6.45) is 0. The predicted octanol–water partition coefficient (Wildman–Crippen LogP) is 3.31. The van der Waals surface area contributed by atoms with Gasteiger partial charge in [0.25, 0.3) is 5.91 Å². The molecule has 0 aliphatic carbocycles. The molecule has 5 nitrogen and oxygen atoms in total. The van der Waals surface area contributed by atoms with Crippen molar-refractivity contribution in [3.05, 3.63) is 59.2 Å². The average molecular weight is 297 g/mol. The number of hydrogen-bond acceptors (Lipinski definition) is 2. The molecule has 5 heteroatoms. The second-order valence-electron chi connectivity index (χ2n) is 5.06. The number of benzene rings is 2. The number of hydrogen-bond donors (Lipinski definition) is 3. The molecule has 0 aliphatic rings. The zero-order valence-corrected chi connectivity index (χ0v) is 12.9. The average Bonchev–Trinajstić information content (AvgIpc) is 2.47. The van der Waals surface area contributed by atoms with Gasteiger partial charge in [-0.25, -0.2) is 4.79 Å². The fraction of sp³-hybridized carbons (Fsp3) is 0.176. The van der Waals surface area contributed by atoms with Crippen molar-refractivity contribution < 1.29 is 9.59 Å². The zero-order chi connectivity index (χ0) is 16.1. The molecule has 3 amide bonds. The van der Waals surface area contributed by atoms with Gasteiger partial charge in [0.1, 0.15) is 0 Å². The molecule has 0 radical (unpaired) electrons. The molecule has 3 N–H and O–H groups in total. The van der Waals surface area contributed by atoms with E-state index in [2.05, 4.69) is 16.0 Å². The molecule has 0 atom stereocenters. The SMILES string of the molecule is CNC(=O)Nc1cccc(NC(=O)c2ccc(C)cc2C)c1. The van der Waals surface area contributed by atoms with Crippen LogP contribution in [0, 0.1) is 13.8 Å². The van der Waals surface area contributed by atoms with Gasteiger partial charge in [0, 0.05) is 24.0 Å². The normalized spacial score (nSPS) is 9.95. The first-order valence-corrected chi connectivity index (χ1v) is 6.97. The Morgan fingerprint density at radius 2 is 1.59 bits per heavy atom. The summed E-state index contributed by atoms with van der Waals surface area (Å²) in [6, 6.07) is 12.4. The molecule has 114 valence electrons. The van der Waals surface area contributed by atoms with Crippen LogP contribution in [-0.2, 0) is 0 Å². The first-order chi connectivity index (χ1) is 10.5. The lowest BCUT2D eigenvalue weighted by Gasteiger charge is -2.10. The highest BCUT2D eigenvalue weighted by Gasteiger charge is 2.09. The summed E-state index contributed by atoms with van der Waals surface area (Å²) in [5, 5.41) is 7.98. The van der Waals surface area contributed by atoms with Crippen molar-refractivity contribution >= 4 is 23.3 Å². The molecule has 0 aliphatic heterocycles. The summed E-state index contributed by atoms with van der Waals surface area (Å²) in [7, 11) is 1.54. The Labute approximate surface area is 129 Å². The Balaban J connectivity index is 2.14. The molecule has 0 spiro atoms. The summed E-state index contributed by atoms with van der Waals surface area (Å²) in [6.45, 7) is 3.90. The zero-order valence-electron chi connectivity index (χ0n) is 12.9. The van der Waals surface area contributed by atoms with Crippen LogP contribution in [0.5, 0.6) is 0 Å². The lowest BCUT2D eigenvalue weighted by atomic mass is 10.1. The maximum atomic E-state index is 12.3. The number of carbonyl (C=O) groups excluding carboxylic acids is 2. The standard InChI is InChI=1S/C17H19N3O2/c1-11-7-8-15(12(2)9-11)16(21)19-13-5-4-6-14(10-13)20-17(22)18-3/h4-10H,1-3H3,(H,19,21)(H2,18,20,22). The Bertz CT molecular complexity index is 711. The number of anilines is 2. The minimum atomic E-state index is -0.308. The monoisotopic (exact) mass is 297 g/mol. The second kappa shape index (κ2) is 6.76. The van der Waals surface area contributed by atoms with E-state index in [1.807, 2.05) is 32.0 Å². The Hall–Kier alpha value is -2.82. The van der Waals surface area contributed by atoms with Gasteiger partial charge in [0.2, 0.25) is 0 Å². The number of urea groups is 1. The molecular formula is C17H19N3O2. The van der Waals surface area contributed by atoms with E-state index < -0.39 is 0 Å². The van der Waals surface area contributed by atoms with Crippen LogP contribution in [0.3, 0.4) is 0 Å². The van der Waals surface area contributed by atoms with Crippen molar-refractivity contribution in [1.82, 2.24) is 5.32 Å². The van der Waals surface area contributed by atoms with Gasteiger partial charge in [-0.3, -0.25) is 4.79 Å². The molecule has 0 aromatic heterocycles. The summed E-state index contributed by atoms with van der Waals surface area (Å²) >= 11 is 0. The van der Waals surface area contributed by atoms with E-state index in [-0.39, 0.29) is 11.9 Å². The Morgan fingerprint density at radius 1 is 0.909 bits per heavy atom. The van der Waals surface area contributed by atoms with E-state index in [0.29, 0.717) is 16.9 Å². The largest absolute Gasteiger partial charge is 0.341 e. The molecule has 2 rings (SSSR count). The van der Waals surface area contributed by atoms with E-state index >= 15 is 0 Å². The van der Waals surface area contributed by atoms with Crippen LogP contribution in [0.4, 0.5) is 16.2 Å². The summed E-state index contributed by atoms with van der Waals surface area (Å²) < 4.78 is 0. The van der Waals surface area contributed by atoms with Gasteiger partial charge < -0.3 is 16.0 Å². The minimum absolute atomic E-state index is 0.172. The highest BCUT2D eigenvalue weighted by molar-refractivity contribution is 6.05. The van der Waals surface area contributed by atoms with Crippen LogP contribution >= 0.6 is 0 Å². The molecule has 0 saturated carbocycles. The van der Waals surface area contributed by atoms with Crippen molar-refractivity contribution in [2.24, 2.45) is 0 Å². The maximum absolute atomic E-state index is 12.3. The van der Waals surface area contributed by atoms with Crippen molar-refractivity contribution in [2.75, 3.05) is 17.7 Å². The van der Waals surface area contributed by atoms with Crippen molar-refractivity contribution in [3.8, 4) is 0 Å². The Morgan fingerprint density at radius 3 is 2.23 bits per heavy atom. The van der Waals surface area contributed by atoms with E-state index in [1.165, 1.54) is 0 Å². The third-order valence-corrected chi connectivity index (χ3v) is 3.23. The van der Waals surface area contributed by atoms with Gasteiger partial charge >= 0.3 is 6.03 Å². The number of carbonyl (C=O) groups is 2. The number of amides is 3. The molecule has 2 aromatic rings. The Kier molecular flexibility index (Phi) is 4.78. The molecular weight excluding hydrogens is 278 g/mol. The first kappa shape index (κ1) is 15.6. The van der Waals surface area contributed by atoms with Crippen LogP contribution in [-0.4, -0.2) is 19.0 Å². The van der Waals surface area contributed by atoms with Crippen molar-refractivity contribution in [1.29, 1.82) is 0 Å². The number of aryl methyl sites for hydroxylation is 2. The molecule has 2 aromatic carbocycles. The van der Waals surface area contributed by atoms with Crippen LogP contribution in [0.2, 0.25) is 0 Å². The smallest absolute Gasteiger partial charge is 0.318 e. The summed E-state index contributed by atoms with van der Waals surface area (Å²) in [4.78, 5) is 23.6. The molecule has 0 unspecified atom stereocenters. The van der Waals surface area contributed by atoms with E-state index in [4.69, 9.17) is 0 Å². The lowest BCUT2D eigenvalue weighted by Crippen LogP contribution is -2.24. The van der Waals surface area contributed by atoms with Gasteiger partial charge in [0.05, 0.1) is 0 Å². The minimum Gasteiger partial charge on any atom is -0.341 e. The van der Waals surface area contributed by atoms with Crippen molar-refractivity contribution in [3.63, 3.8) is 0 Å². The van der Waals surface area contributed by atoms with Crippen LogP contribution in [0.1, 0.15) is 21.5 Å². The number of nitrogens with one attached hydrogen (secondary N) is 3. The molecule has 0 heterocycles. The van der Waals surface area contributed by atoms with Gasteiger partial charge in [-0.15, -0.1) is 0 Å². The van der Waals surface area contributed by atoms with E-state index in [9.17, 15) is 9.59 Å². The summed E-state index contributed by atoms with van der Waals surface area (Å²) in [5.74, 6) is -0.172. The van der Waals surface area contributed by atoms with Gasteiger partial charge in [-0.05, 0) is 43.7 Å². The fourth-order valence-corrected chi connectivity index (χ4v) is 2.14. The maximum Gasteiger partial charge on any atom is 0.318 e. The third-order valence-electron chi connectivity index (χ3n) is 3.23. The first-order valence-electron chi connectivity index (χ1n) is 6.97.